The van der Waals surface area contributed by atoms with Crippen LogP contribution in [0.2, 0.25) is 0 Å². The first-order valence-electron chi connectivity index (χ1n) is 6.17. The molecule has 0 aliphatic heterocycles. The standard InChI is InChI=1S/C15H15FN2O3/c1-20-14-6-5-10(7-13(14)15(17)18-19)9-21-12-4-2-3-11(16)8-12/h2-8,19H,9H2,1H3,(H2,17,18). The topological polar surface area (TPSA) is 77.1 Å². The molecule has 0 atom stereocenters. The Kier molecular flexibility index (Phi) is 4.61. The number of oxime groups is 1. The monoisotopic (exact) mass is 290 g/mol. The van der Waals surface area contributed by atoms with Crippen molar-refractivity contribution in [3.05, 3.63) is 59.4 Å². The summed E-state index contributed by atoms with van der Waals surface area (Å²) < 4.78 is 23.7. The van der Waals surface area contributed by atoms with Gasteiger partial charge in [0, 0.05) is 6.07 Å². The highest BCUT2D eigenvalue weighted by Gasteiger charge is 2.09. The molecule has 0 saturated carbocycles. The summed E-state index contributed by atoms with van der Waals surface area (Å²) in [6, 6.07) is 11.0. The molecule has 2 aromatic rings. The number of halogens is 1. The number of hydrogen-bond acceptors (Lipinski definition) is 4. The highest BCUT2D eigenvalue weighted by molar-refractivity contribution is 5.99. The van der Waals surface area contributed by atoms with Gasteiger partial charge in [-0.3, -0.25) is 0 Å². The summed E-state index contributed by atoms with van der Waals surface area (Å²) >= 11 is 0. The summed E-state index contributed by atoms with van der Waals surface area (Å²) in [5.41, 5.74) is 6.83. The van der Waals surface area contributed by atoms with Gasteiger partial charge in [0.2, 0.25) is 0 Å². The maximum atomic E-state index is 13.1. The highest BCUT2D eigenvalue weighted by atomic mass is 19.1. The zero-order valence-corrected chi connectivity index (χ0v) is 11.4. The number of rotatable bonds is 5. The SMILES string of the molecule is COc1ccc(COc2cccc(F)c2)cc1C(N)=NO. The van der Waals surface area contributed by atoms with Crippen LogP contribution in [-0.2, 0) is 6.61 Å². The van der Waals surface area contributed by atoms with Crippen LogP contribution < -0.4 is 15.2 Å². The Hall–Kier alpha value is -2.76. The van der Waals surface area contributed by atoms with Gasteiger partial charge in [0.25, 0.3) is 0 Å². The van der Waals surface area contributed by atoms with Gasteiger partial charge >= 0.3 is 0 Å². The Bertz CT molecular complexity index is 659. The Morgan fingerprint density at radius 3 is 2.76 bits per heavy atom. The van der Waals surface area contributed by atoms with E-state index in [9.17, 15) is 4.39 Å². The van der Waals surface area contributed by atoms with E-state index < -0.39 is 0 Å². The van der Waals surface area contributed by atoms with Gasteiger partial charge in [0.15, 0.2) is 5.84 Å². The predicted octanol–water partition coefficient (Wildman–Crippen LogP) is 2.51. The van der Waals surface area contributed by atoms with E-state index in [0.717, 1.165) is 5.56 Å². The summed E-state index contributed by atoms with van der Waals surface area (Å²) in [7, 11) is 1.49. The van der Waals surface area contributed by atoms with E-state index in [2.05, 4.69) is 5.16 Å². The smallest absolute Gasteiger partial charge is 0.173 e. The van der Waals surface area contributed by atoms with E-state index in [4.69, 9.17) is 20.4 Å². The zero-order chi connectivity index (χ0) is 15.2. The third kappa shape index (κ3) is 3.62. The lowest BCUT2D eigenvalue weighted by atomic mass is 10.1. The molecule has 0 amide bonds. The second-order valence-electron chi connectivity index (χ2n) is 4.27. The van der Waals surface area contributed by atoms with Gasteiger partial charge in [-0.25, -0.2) is 4.39 Å². The molecule has 0 saturated heterocycles. The van der Waals surface area contributed by atoms with Crippen molar-refractivity contribution in [1.29, 1.82) is 0 Å². The first-order chi connectivity index (χ1) is 10.1. The molecule has 0 radical (unpaired) electrons. The molecule has 0 aliphatic carbocycles. The van der Waals surface area contributed by atoms with Crippen LogP contribution in [0.15, 0.2) is 47.6 Å². The van der Waals surface area contributed by atoms with E-state index in [1.54, 1.807) is 30.3 Å². The fourth-order valence-electron chi connectivity index (χ4n) is 1.82. The summed E-state index contributed by atoms with van der Waals surface area (Å²) in [4.78, 5) is 0. The maximum absolute atomic E-state index is 13.1. The van der Waals surface area contributed by atoms with Crippen molar-refractivity contribution >= 4 is 5.84 Å². The van der Waals surface area contributed by atoms with Gasteiger partial charge in [-0.1, -0.05) is 17.3 Å². The summed E-state index contributed by atoms with van der Waals surface area (Å²) in [5, 5.41) is 11.7. The molecular formula is C15H15FN2O3. The molecule has 2 rings (SSSR count). The van der Waals surface area contributed by atoms with Crippen LogP contribution >= 0.6 is 0 Å². The van der Waals surface area contributed by atoms with E-state index in [-0.39, 0.29) is 18.3 Å². The molecule has 0 spiro atoms. The van der Waals surface area contributed by atoms with Gasteiger partial charge < -0.3 is 20.4 Å². The van der Waals surface area contributed by atoms with Crippen LogP contribution in [0.25, 0.3) is 0 Å². The number of benzene rings is 2. The van der Waals surface area contributed by atoms with Crippen LogP contribution in [0.4, 0.5) is 4.39 Å². The van der Waals surface area contributed by atoms with Crippen LogP contribution in [0.5, 0.6) is 11.5 Å². The number of hydrogen-bond donors (Lipinski definition) is 2. The first kappa shape index (κ1) is 14.6. The summed E-state index contributed by atoms with van der Waals surface area (Å²) in [5.74, 6) is 0.495. The molecule has 21 heavy (non-hydrogen) atoms. The number of ether oxygens (including phenoxy) is 2. The lowest BCUT2D eigenvalue weighted by Gasteiger charge is -2.11. The van der Waals surface area contributed by atoms with Crippen molar-refractivity contribution in [2.24, 2.45) is 10.9 Å². The quantitative estimate of drug-likeness (QED) is 0.384. The minimum atomic E-state index is -0.362. The third-order valence-corrected chi connectivity index (χ3v) is 2.85. The lowest BCUT2D eigenvalue weighted by molar-refractivity contribution is 0.304. The molecule has 0 aliphatic rings. The Morgan fingerprint density at radius 2 is 2.10 bits per heavy atom. The van der Waals surface area contributed by atoms with Crippen LogP contribution in [-0.4, -0.2) is 18.2 Å². The molecular weight excluding hydrogens is 275 g/mol. The zero-order valence-electron chi connectivity index (χ0n) is 11.4. The fourth-order valence-corrected chi connectivity index (χ4v) is 1.82. The molecule has 110 valence electrons. The predicted molar refractivity (Wildman–Crippen MR) is 76.2 cm³/mol. The van der Waals surface area contributed by atoms with Crippen LogP contribution in [0.3, 0.4) is 0 Å². The summed E-state index contributed by atoms with van der Waals surface area (Å²) in [6.45, 7) is 0.221. The second kappa shape index (κ2) is 6.60. The van der Waals surface area contributed by atoms with E-state index in [0.29, 0.717) is 17.1 Å². The molecule has 0 bridgehead atoms. The second-order valence-corrected chi connectivity index (χ2v) is 4.27. The van der Waals surface area contributed by atoms with E-state index in [1.807, 2.05) is 0 Å². The van der Waals surface area contributed by atoms with Gasteiger partial charge in [0.1, 0.15) is 23.9 Å². The van der Waals surface area contributed by atoms with Gasteiger partial charge in [-0.05, 0) is 29.8 Å². The third-order valence-electron chi connectivity index (χ3n) is 2.85. The Morgan fingerprint density at radius 1 is 1.29 bits per heavy atom. The van der Waals surface area contributed by atoms with Crippen molar-refractivity contribution < 1.29 is 19.1 Å². The van der Waals surface area contributed by atoms with Crippen molar-refractivity contribution in [3.8, 4) is 11.5 Å². The Balaban J connectivity index is 2.17. The minimum absolute atomic E-state index is 0.0561. The average Bonchev–Trinajstić information content (AvgIpc) is 2.52. The highest BCUT2D eigenvalue weighted by Crippen LogP contribution is 2.21. The van der Waals surface area contributed by atoms with Gasteiger partial charge in [0.05, 0.1) is 12.7 Å². The van der Waals surface area contributed by atoms with Crippen LogP contribution in [0, 0.1) is 5.82 Å². The first-order valence-corrected chi connectivity index (χ1v) is 6.17. The normalized spacial score (nSPS) is 11.2. The Labute approximate surface area is 121 Å². The molecule has 3 N–H and O–H groups in total. The summed E-state index contributed by atoms with van der Waals surface area (Å²) in [6.07, 6.45) is 0. The van der Waals surface area contributed by atoms with Crippen molar-refractivity contribution in [2.45, 2.75) is 6.61 Å². The molecule has 6 heteroatoms. The number of nitrogens with zero attached hydrogens (tertiary/aromatic N) is 1. The van der Waals surface area contributed by atoms with Crippen molar-refractivity contribution in [1.82, 2.24) is 0 Å². The molecule has 2 aromatic carbocycles. The maximum Gasteiger partial charge on any atom is 0.173 e. The van der Waals surface area contributed by atoms with E-state index in [1.165, 1.54) is 19.2 Å². The number of methoxy groups -OCH3 is 1. The number of amidine groups is 1. The minimum Gasteiger partial charge on any atom is -0.496 e. The molecule has 0 heterocycles. The van der Waals surface area contributed by atoms with Crippen molar-refractivity contribution in [3.63, 3.8) is 0 Å². The average molecular weight is 290 g/mol. The van der Waals surface area contributed by atoms with E-state index >= 15 is 0 Å². The fraction of sp³-hybridized carbons (Fsp3) is 0.133. The van der Waals surface area contributed by atoms with Crippen LogP contribution in [0.1, 0.15) is 11.1 Å². The molecule has 0 aromatic heterocycles. The van der Waals surface area contributed by atoms with Gasteiger partial charge in [-0.2, -0.15) is 0 Å². The largest absolute Gasteiger partial charge is 0.496 e. The number of nitrogens with two attached hydrogens (primary N) is 1. The molecule has 0 unspecified atom stereocenters. The molecule has 0 fully saturated rings. The molecule has 5 nitrogen and oxygen atoms in total. The van der Waals surface area contributed by atoms with Gasteiger partial charge in [-0.15, -0.1) is 0 Å². The lowest BCUT2D eigenvalue weighted by Crippen LogP contribution is -2.15. The van der Waals surface area contributed by atoms with Crippen molar-refractivity contribution in [2.75, 3.05) is 7.11 Å².